The standard InChI is InChI=1S/C8H10N2O3/c1-6-3-4-7(13-6)5-9-10-8(11)12-2/h3-5H,1-2H3,(H,10,11)/b9-5+. The normalized spacial score (nSPS) is 10.3. The van der Waals surface area contributed by atoms with Gasteiger partial charge >= 0.3 is 6.09 Å². The maximum absolute atomic E-state index is 10.5. The molecule has 1 heterocycles. The molecular formula is C8H10N2O3. The van der Waals surface area contributed by atoms with Crippen LogP contribution >= 0.6 is 0 Å². The van der Waals surface area contributed by atoms with E-state index in [1.54, 1.807) is 12.1 Å². The number of hydrogen-bond acceptors (Lipinski definition) is 4. The van der Waals surface area contributed by atoms with Crippen molar-refractivity contribution < 1.29 is 13.9 Å². The first kappa shape index (κ1) is 9.31. The lowest BCUT2D eigenvalue weighted by Gasteiger charge is -1.93. The van der Waals surface area contributed by atoms with Crippen molar-refractivity contribution in [2.75, 3.05) is 7.11 Å². The van der Waals surface area contributed by atoms with Crippen molar-refractivity contribution >= 4 is 12.3 Å². The van der Waals surface area contributed by atoms with Crippen LogP contribution in [0, 0.1) is 6.92 Å². The SMILES string of the molecule is COC(=O)N/N=C/c1ccc(C)o1. The molecule has 1 rings (SSSR count). The van der Waals surface area contributed by atoms with E-state index in [0.29, 0.717) is 5.76 Å². The van der Waals surface area contributed by atoms with Gasteiger partial charge in [-0.3, -0.25) is 0 Å². The smallest absolute Gasteiger partial charge is 0.427 e. The van der Waals surface area contributed by atoms with Crippen LogP contribution in [0.25, 0.3) is 0 Å². The van der Waals surface area contributed by atoms with Gasteiger partial charge in [0.15, 0.2) is 0 Å². The van der Waals surface area contributed by atoms with Crippen molar-refractivity contribution in [1.82, 2.24) is 5.43 Å². The van der Waals surface area contributed by atoms with Gasteiger partial charge in [-0.15, -0.1) is 0 Å². The zero-order chi connectivity index (χ0) is 9.68. The van der Waals surface area contributed by atoms with Crippen LogP contribution in [-0.4, -0.2) is 19.4 Å². The van der Waals surface area contributed by atoms with Crippen LogP contribution in [0.1, 0.15) is 11.5 Å². The highest BCUT2D eigenvalue weighted by Gasteiger charge is 1.95. The molecule has 1 aromatic heterocycles. The van der Waals surface area contributed by atoms with E-state index in [-0.39, 0.29) is 0 Å². The van der Waals surface area contributed by atoms with Gasteiger partial charge in [-0.05, 0) is 19.1 Å². The number of nitrogens with one attached hydrogen (secondary N) is 1. The highest BCUT2D eigenvalue weighted by Crippen LogP contribution is 2.02. The van der Waals surface area contributed by atoms with Crippen LogP contribution in [-0.2, 0) is 4.74 Å². The molecule has 13 heavy (non-hydrogen) atoms. The number of furan rings is 1. The maximum atomic E-state index is 10.5. The number of nitrogens with zero attached hydrogens (tertiary/aromatic N) is 1. The van der Waals surface area contributed by atoms with E-state index in [2.05, 4.69) is 15.3 Å². The molecule has 0 spiro atoms. The molecule has 5 heteroatoms. The average Bonchev–Trinajstić information content (AvgIpc) is 2.51. The van der Waals surface area contributed by atoms with Crippen LogP contribution in [0.3, 0.4) is 0 Å². The summed E-state index contributed by atoms with van der Waals surface area (Å²) in [5.41, 5.74) is 2.14. The fraction of sp³-hybridized carbons (Fsp3) is 0.250. The predicted octanol–water partition coefficient (Wildman–Crippen LogP) is 1.28. The molecule has 0 saturated carbocycles. The number of amides is 1. The molecule has 70 valence electrons. The highest BCUT2D eigenvalue weighted by molar-refractivity contribution is 5.77. The molecule has 0 aliphatic carbocycles. The minimum atomic E-state index is -0.612. The minimum Gasteiger partial charge on any atom is -0.460 e. The fourth-order valence-electron chi connectivity index (χ4n) is 0.717. The Morgan fingerprint density at radius 1 is 1.69 bits per heavy atom. The topological polar surface area (TPSA) is 63.8 Å². The molecule has 0 aliphatic heterocycles. The lowest BCUT2D eigenvalue weighted by molar-refractivity contribution is 0.171. The molecule has 0 radical (unpaired) electrons. The van der Waals surface area contributed by atoms with Gasteiger partial charge in [0.05, 0.1) is 13.3 Å². The van der Waals surface area contributed by atoms with Crippen molar-refractivity contribution in [2.45, 2.75) is 6.92 Å². The first-order valence-corrected chi connectivity index (χ1v) is 3.66. The Morgan fingerprint density at radius 2 is 2.46 bits per heavy atom. The van der Waals surface area contributed by atoms with E-state index in [1.165, 1.54) is 13.3 Å². The first-order chi connectivity index (χ1) is 6.22. The average molecular weight is 182 g/mol. The lowest BCUT2D eigenvalue weighted by atomic mass is 10.4. The summed E-state index contributed by atoms with van der Waals surface area (Å²) in [5.74, 6) is 1.37. The Morgan fingerprint density at radius 3 is 3.00 bits per heavy atom. The van der Waals surface area contributed by atoms with Gasteiger partial charge in [-0.2, -0.15) is 5.10 Å². The maximum Gasteiger partial charge on any atom is 0.427 e. The first-order valence-electron chi connectivity index (χ1n) is 3.66. The summed E-state index contributed by atoms with van der Waals surface area (Å²) in [6.45, 7) is 1.82. The monoisotopic (exact) mass is 182 g/mol. The molecule has 0 fully saturated rings. The van der Waals surface area contributed by atoms with Gasteiger partial charge in [0.2, 0.25) is 0 Å². The molecular weight excluding hydrogens is 172 g/mol. The van der Waals surface area contributed by atoms with Crippen molar-refractivity contribution in [2.24, 2.45) is 5.10 Å². The molecule has 0 saturated heterocycles. The molecule has 1 aromatic rings. The Kier molecular flexibility index (Phi) is 3.08. The second-order valence-electron chi connectivity index (χ2n) is 2.31. The summed E-state index contributed by atoms with van der Waals surface area (Å²) in [7, 11) is 1.27. The summed E-state index contributed by atoms with van der Waals surface area (Å²) in [6.07, 6.45) is 0.781. The number of carbonyl (C=O) groups is 1. The lowest BCUT2D eigenvalue weighted by Crippen LogP contribution is -2.16. The third kappa shape index (κ3) is 2.98. The Balaban J connectivity index is 2.45. The Labute approximate surface area is 75.4 Å². The van der Waals surface area contributed by atoms with Crippen molar-refractivity contribution in [3.8, 4) is 0 Å². The van der Waals surface area contributed by atoms with Gasteiger partial charge in [0.1, 0.15) is 11.5 Å². The van der Waals surface area contributed by atoms with Gasteiger partial charge in [-0.1, -0.05) is 0 Å². The number of hydrogen-bond donors (Lipinski definition) is 1. The van der Waals surface area contributed by atoms with Crippen LogP contribution in [0.5, 0.6) is 0 Å². The highest BCUT2D eigenvalue weighted by atomic mass is 16.5. The van der Waals surface area contributed by atoms with E-state index in [4.69, 9.17) is 4.42 Å². The molecule has 0 aliphatic rings. The van der Waals surface area contributed by atoms with E-state index in [0.717, 1.165) is 5.76 Å². The van der Waals surface area contributed by atoms with Gasteiger partial charge in [0, 0.05) is 0 Å². The summed E-state index contributed by atoms with van der Waals surface area (Å²) < 4.78 is 9.46. The van der Waals surface area contributed by atoms with Crippen LogP contribution < -0.4 is 5.43 Å². The van der Waals surface area contributed by atoms with E-state index < -0.39 is 6.09 Å². The molecule has 5 nitrogen and oxygen atoms in total. The molecule has 0 unspecified atom stereocenters. The number of carbonyl (C=O) groups excluding carboxylic acids is 1. The summed E-state index contributed by atoms with van der Waals surface area (Å²) in [4.78, 5) is 10.5. The van der Waals surface area contributed by atoms with Crippen molar-refractivity contribution in [1.29, 1.82) is 0 Å². The third-order valence-corrected chi connectivity index (χ3v) is 1.29. The van der Waals surface area contributed by atoms with E-state index in [9.17, 15) is 4.79 Å². The fourth-order valence-corrected chi connectivity index (χ4v) is 0.717. The minimum absolute atomic E-state index is 0.578. The zero-order valence-corrected chi connectivity index (χ0v) is 7.40. The summed E-state index contributed by atoms with van der Waals surface area (Å²) in [5, 5.41) is 3.58. The van der Waals surface area contributed by atoms with E-state index >= 15 is 0 Å². The molecule has 0 atom stereocenters. The van der Waals surface area contributed by atoms with Gasteiger partial charge < -0.3 is 9.15 Å². The Hall–Kier alpha value is -1.78. The second kappa shape index (κ2) is 4.30. The van der Waals surface area contributed by atoms with E-state index in [1.807, 2.05) is 6.92 Å². The van der Waals surface area contributed by atoms with Gasteiger partial charge in [0.25, 0.3) is 0 Å². The number of hydrazone groups is 1. The number of rotatable bonds is 2. The van der Waals surface area contributed by atoms with Crippen molar-refractivity contribution in [3.63, 3.8) is 0 Å². The zero-order valence-electron chi connectivity index (χ0n) is 7.40. The van der Waals surface area contributed by atoms with Gasteiger partial charge in [-0.25, -0.2) is 10.2 Å². The number of ether oxygens (including phenoxy) is 1. The molecule has 0 aromatic carbocycles. The number of methoxy groups -OCH3 is 1. The predicted molar refractivity (Wildman–Crippen MR) is 46.6 cm³/mol. The molecule has 0 bridgehead atoms. The van der Waals surface area contributed by atoms with Crippen LogP contribution in [0.4, 0.5) is 4.79 Å². The third-order valence-electron chi connectivity index (χ3n) is 1.29. The van der Waals surface area contributed by atoms with Crippen LogP contribution in [0.2, 0.25) is 0 Å². The number of aryl methyl sites for hydroxylation is 1. The summed E-state index contributed by atoms with van der Waals surface area (Å²) >= 11 is 0. The Bertz CT molecular complexity index is 317. The quantitative estimate of drug-likeness (QED) is 0.553. The molecule has 1 amide bonds. The largest absolute Gasteiger partial charge is 0.460 e. The summed E-state index contributed by atoms with van der Waals surface area (Å²) in [6, 6.07) is 3.55. The molecule has 1 N–H and O–H groups in total. The van der Waals surface area contributed by atoms with Crippen molar-refractivity contribution in [3.05, 3.63) is 23.7 Å². The van der Waals surface area contributed by atoms with Crippen LogP contribution in [0.15, 0.2) is 21.7 Å². The second-order valence-corrected chi connectivity index (χ2v) is 2.31.